The largest absolute Gasteiger partial charge is 0.369 e. The molecule has 0 aromatic rings. The van der Waals surface area contributed by atoms with Gasteiger partial charge >= 0.3 is 0 Å². The van der Waals surface area contributed by atoms with Crippen LogP contribution >= 0.6 is 11.8 Å². The SMILES string of the molecule is O=NC(O)C/C=C/SCC1CCCCC1. The van der Waals surface area contributed by atoms with Gasteiger partial charge in [-0.05, 0) is 29.3 Å². The molecule has 1 atom stereocenters. The lowest BCUT2D eigenvalue weighted by Crippen LogP contribution is -2.07. The highest BCUT2D eigenvalue weighted by Crippen LogP contribution is 2.26. The van der Waals surface area contributed by atoms with E-state index >= 15 is 0 Å². The Kier molecular flexibility index (Phi) is 6.68. The van der Waals surface area contributed by atoms with Crippen LogP contribution in [0.3, 0.4) is 0 Å². The molecule has 1 aliphatic carbocycles. The third kappa shape index (κ3) is 5.95. The molecule has 1 aliphatic rings. The summed E-state index contributed by atoms with van der Waals surface area (Å²) in [6.07, 6.45) is 7.95. The number of rotatable bonds is 6. The van der Waals surface area contributed by atoms with Gasteiger partial charge in [-0.3, -0.25) is 0 Å². The number of aliphatic hydroxyl groups is 1. The van der Waals surface area contributed by atoms with E-state index in [1.807, 2.05) is 11.5 Å². The van der Waals surface area contributed by atoms with Crippen molar-refractivity contribution in [1.29, 1.82) is 0 Å². The molecule has 0 saturated heterocycles. The maximum atomic E-state index is 9.88. The van der Waals surface area contributed by atoms with Crippen LogP contribution in [0.25, 0.3) is 0 Å². The van der Waals surface area contributed by atoms with E-state index in [2.05, 4.69) is 5.18 Å². The van der Waals surface area contributed by atoms with Gasteiger partial charge in [0, 0.05) is 12.2 Å². The molecule has 0 aliphatic heterocycles. The third-order valence-corrected chi connectivity index (χ3v) is 3.77. The highest BCUT2D eigenvalue weighted by Gasteiger charge is 2.12. The Morgan fingerprint density at radius 2 is 2.13 bits per heavy atom. The lowest BCUT2D eigenvalue weighted by molar-refractivity contribution is 0.186. The summed E-state index contributed by atoms with van der Waals surface area (Å²) in [5.74, 6) is 2.03. The maximum absolute atomic E-state index is 9.88. The Bertz CT molecular complexity index is 203. The zero-order valence-corrected chi connectivity index (χ0v) is 9.79. The van der Waals surface area contributed by atoms with Crippen LogP contribution in [0.1, 0.15) is 38.5 Å². The summed E-state index contributed by atoms with van der Waals surface area (Å²) in [5, 5.41) is 13.4. The first-order chi connectivity index (χ1) is 7.33. The van der Waals surface area contributed by atoms with Crippen LogP contribution in [0.15, 0.2) is 16.7 Å². The van der Waals surface area contributed by atoms with Crippen LogP contribution < -0.4 is 0 Å². The van der Waals surface area contributed by atoms with Crippen molar-refractivity contribution in [2.45, 2.75) is 44.8 Å². The summed E-state index contributed by atoms with van der Waals surface area (Å²) in [7, 11) is 0. The minimum Gasteiger partial charge on any atom is -0.369 e. The van der Waals surface area contributed by atoms with Crippen LogP contribution in [-0.2, 0) is 0 Å². The number of aliphatic hydroxyl groups excluding tert-OH is 1. The second-order valence-corrected chi connectivity index (χ2v) is 4.97. The first-order valence-electron chi connectivity index (χ1n) is 5.60. The fourth-order valence-electron chi connectivity index (χ4n) is 1.83. The van der Waals surface area contributed by atoms with Crippen LogP contribution in [-0.4, -0.2) is 17.1 Å². The van der Waals surface area contributed by atoms with Crippen molar-refractivity contribution in [2.75, 3.05) is 5.75 Å². The molecule has 1 saturated carbocycles. The number of thioether (sulfide) groups is 1. The van der Waals surface area contributed by atoms with Gasteiger partial charge in [0.1, 0.15) is 0 Å². The number of nitroso groups, excluding NO2 is 1. The Morgan fingerprint density at radius 3 is 2.80 bits per heavy atom. The fraction of sp³-hybridized carbons (Fsp3) is 0.818. The highest BCUT2D eigenvalue weighted by atomic mass is 32.2. The summed E-state index contributed by atoms with van der Waals surface area (Å²) < 4.78 is 0. The molecule has 0 aromatic heterocycles. The van der Waals surface area contributed by atoms with E-state index in [1.54, 1.807) is 11.8 Å². The van der Waals surface area contributed by atoms with Gasteiger partial charge in [-0.15, -0.1) is 16.7 Å². The average molecular weight is 229 g/mol. The van der Waals surface area contributed by atoms with Gasteiger partial charge in [-0.2, -0.15) is 0 Å². The lowest BCUT2D eigenvalue weighted by Gasteiger charge is -2.20. The van der Waals surface area contributed by atoms with Crippen LogP contribution in [0.5, 0.6) is 0 Å². The van der Waals surface area contributed by atoms with E-state index in [1.165, 1.54) is 37.9 Å². The zero-order valence-electron chi connectivity index (χ0n) is 8.97. The van der Waals surface area contributed by atoms with Crippen molar-refractivity contribution in [2.24, 2.45) is 11.1 Å². The molecule has 0 bridgehead atoms. The first kappa shape index (κ1) is 12.7. The van der Waals surface area contributed by atoms with E-state index < -0.39 is 6.23 Å². The Morgan fingerprint density at radius 1 is 1.40 bits per heavy atom. The number of hydrogen-bond donors (Lipinski definition) is 1. The van der Waals surface area contributed by atoms with E-state index in [0.29, 0.717) is 6.42 Å². The summed E-state index contributed by atoms with van der Waals surface area (Å²) in [6, 6.07) is 0. The Balaban J connectivity index is 2.01. The highest BCUT2D eigenvalue weighted by molar-refractivity contribution is 8.02. The molecule has 86 valence electrons. The molecule has 1 N–H and O–H groups in total. The van der Waals surface area contributed by atoms with Crippen LogP contribution in [0.4, 0.5) is 0 Å². The molecule has 1 rings (SSSR count). The summed E-state index contributed by atoms with van der Waals surface area (Å²) in [6.45, 7) is 0. The van der Waals surface area contributed by atoms with E-state index in [4.69, 9.17) is 5.11 Å². The Hall–Kier alpha value is -0.350. The number of nitrogens with zero attached hydrogens (tertiary/aromatic N) is 1. The second-order valence-electron chi connectivity index (χ2n) is 4.03. The molecule has 1 fully saturated rings. The summed E-state index contributed by atoms with van der Waals surface area (Å²) >= 11 is 1.78. The van der Waals surface area contributed by atoms with Crippen molar-refractivity contribution >= 4 is 11.8 Å². The summed E-state index contributed by atoms with van der Waals surface area (Å²) in [4.78, 5) is 9.88. The molecule has 3 nitrogen and oxygen atoms in total. The first-order valence-corrected chi connectivity index (χ1v) is 6.65. The van der Waals surface area contributed by atoms with Crippen LogP contribution in [0.2, 0.25) is 0 Å². The minimum atomic E-state index is -1.07. The van der Waals surface area contributed by atoms with Crippen molar-refractivity contribution in [3.8, 4) is 0 Å². The molecule has 15 heavy (non-hydrogen) atoms. The standard InChI is InChI=1S/C11H19NO2S/c13-11(12-14)7-4-8-15-9-10-5-2-1-3-6-10/h4,8,10-11,13H,1-3,5-7,9H2/b8-4+. The molecule has 0 heterocycles. The molecule has 1 unspecified atom stereocenters. The van der Waals surface area contributed by atoms with Crippen molar-refractivity contribution in [3.05, 3.63) is 16.4 Å². The van der Waals surface area contributed by atoms with Crippen molar-refractivity contribution < 1.29 is 5.11 Å². The van der Waals surface area contributed by atoms with Crippen molar-refractivity contribution in [1.82, 2.24) is 0 Å². The van der Waals surface area contributed by atoms with Gasteiger partial charge in [0.05, 0.1) is 0 Å². The second kappa shape index (κ2) is 7.88. The van der Waals surface area contributed by atoms with Gasteiger partial charge in [0.2, 0.25) is 0 Å². The predicted molar refractivity (Wildman–Crippen MR) is 64.6 cm³/mol. The molecule has 0 amide bonds. The van der Waals surface area contributed by atoms with Crippen LogP contribution in [0, 0.1) is 10.8 Å². The topological polar surface area (TPSA) is 49.7 Å². The van der Waals surface area contributed by atoms with E-state index in [9.17, 15) is 4.91 Å². The molecular formula is C11H19NO2S. The van der Waals surface area contributed by atoms with Gasteiger partial charge < -0.3 is 5.11 Å². The lowest BCUT2D eigenvalue weighted by atomic mass is 9.91. The predicted octanol–water partition coefficient (Wildman–Crippen LogP) is 3.29. The van der Waals surface area contributed by atoms with Gasteiger partial charge in [0.15, 0.2) is 6.23 Å². The van der Waals surface area contributed by atoms with Gasteiger partial charge in [0.25, 0.3) is 0 Å². The molecule has 0 spiro atoms. The summed E-state index contributed by atoms with van der Waals surface area (Å²) in [5.41, 5.74) is 0. The smallest absolute Gasteiger partial charge is 0.190 e. The maximum Gasteiger partial charge on any atom is 0.190 e. The molecule has 0 radical (unpaired) electrons. The van der Waals surface area contributed by atoms with Gasteiger partial charge in [-0.1, -0.05) is 25.3 Å². The monoisotopic (exact) mass is 229 g/mol. The van der Waals surface area contributed by atoms with Crippen molar-refractivity contribution in [3.63, 3.8) is 0 Å². The Labute approximate surface area is 95.3 Å². The quantitative estimate of drug-likeness (QED) is 0.711. The zero-order chi connectivity index (χ0) is 10.9. The third-order valence-electron chi connectivity index (χ3n) is 2.72. The van der Waals surface area contributed by atoms with E-state index in [0.717, 1.165) is 5.92 Å². The minimum absolute atomic E-state index is 0.334. The molecule has 4 heteroatoms. The average Bonchev–Trinajstić information content (AvgIpc) is 2.29. The number of hydrogen-bond acceptors (Lipinski definition) is 4. The van der Waals surface area contributed by atoms with Gasteiger partial charge in [-0.25, -0.2) is 0 Å². The molecule has 0 aromatic carbocycles. The van der Waals surface area contributed by atoms with E-state index in [-0.39, 0.29) is 0 Å². The molecular weight excluding hydrogens is 210 g/mol. The fourth-order valence-corrected chi connectivity index (χ4v) is 2.80. The normalized spacial score (nSPS) is 20.6.